The highest BCUT2D eigenvalue weighted by atomic mass is 19.4. The SMILES string of the molecule is CCN(CC)c1nc2ccc(C(O)(c3ccc(C(F)(F)F)nc3)c3cncn3C)cc2c(C#N)c1Cc1ccc(-n2cccn2)cc1. The van der Waals surface area contributed by atoms with Crippen molar-refractivity contribution in [3.8, 4) is 11.8 Å². The van der Waals surface area contributed by atoms with Crippen molar-refractivity contribution >= 4 is 16.7 Å². The van der Waals surface area contributed by atoms with Gasteiger partial charge < -0.3 is 14.6 Å². The average molecular weight is 637 g/mol. The van der Waals surface area contributed by atoms with Crippen molar-refractivity contribution in [3.63, 3.8) is 0 Å². The normalized spacial score (nSPS) is 13.0. The van der Waals surface area contributed by atoms with E-state index in [4.69, 9.17) is 4.98 Å². The Hall–Kier alpha value is -5.54. The zero-order valence-electron chi connectivity index (χ0n) is 25.9. The van der Waals surface area contributed by atoms with E-state index in [1.165, 1.54) is 18.6 Å². The van der Waals surface area contributed by atoms with Crippen molar-refractivity contribution in [2.75, 3.05) is 18.0 Å². The molecule has 6 rings (SSSR count). The second-order valence-corrected chi connectivity index (χ2v) is 11.1. The van der Waals surface area contributed by atoms with Crippen LogP contribution in [-0.2, 0) is 25.2 Å². The minimum absolute atomic E-state index is 0.108. The van der Waals surface area contributed by atoms with Gasteiger partial charge in [0, 0.05) is 61.7 Å². The van der Waals surface area contributed by atoms with Gasteiger partial charge in [-0.1, -0.05) is 24.3 Å². The predicted molar refractivity (Wildman–Crippen MR) is 171 cm³/mol. The van der Waals surface area contributed by atoms with Crippen LogP contribution in [0.2, 0.25) is 0 Å². The van der Waals surface area contributed by atoms with Crippen molar-refractivity contribution in [2.45, 2.75) is 32.0 Å². The maximum absolute atomic E-state index is 13.4. The highest BCUT2D eigenvalue weighted by Crippen LogP contribution is 2.40. The number of nitrogens with zero attached hydrogens (tertiary/aromatic N) is 8. The third-order valence-corrected chi connectivity index (χ3v) is 8.40. The van der Waals surface area contributed by atoms with Crippen LogP contribution < -0.4 is 4.90 Å². The van der Waals surface area contributed by atoms with Crippen molar-refractivity contribution in [1.29, 1.82) is 5.26 Å². The van der Waals surface area contributed by atoms with Crippen LogP contribution in [0.4, 0.5) is 19.0 Å². The quantitative estimate of drug-likeness (QED) is 0.203. The summed E-state index contributed by atoms with van der Waals surface area (Å²) in [5.74, 6) is 0.691. The van der Waals surface area contributed by atoms with E-state index in [0.717, 1.165) is 29.1 Å². The summed E-state index contributed by atoms with van der Waals surface area (Å²) in [7, 11) is 1.68. The van der Waals surface area contributed by atoms with Gasteiger partial charge in [-0.15, -0.1) is 0 Å². The fraction of sp³-hybridized carbons (Fsp3) is 0.229. The number of hydrogen-bond acceptors (Lipinski definition) is 7. The standard InChI is InChI=1S/C35H31F3N8O/c1-4-45(5-2)33-28(17-23-7-11-26(12-8-23)46-16-6-15-42-46)29(19-39)27-18-24(9-13-30(27)43-33)34(47,32-21-40-22-44(32)3)25-10-14-31(41-20-25)35(36,37)38/h6-16,18,20-22,47H,4-5,17H2,1-3H3. The molecule has 0 bridgehead atoms. The third-order valence-electron chi connectivity index (χ3n) is 8.40. The molecule has 12 heteroatoms. The lowest BCUT2D eigenvalue weighted by molar-refractivity contribution is -0.141. The van der Waals surface area contributed by atoms with Gasteiger partial charge in [-0.05, 0) is 61.4 Å². The molecular formula is C35H31F3N8O. The van der Waals surface area contributed by atoms with Crippen LogP contribution >= 0.6 is 0 Å². The fourth-order valence-corrected chi connectivity index (χ4v) is 5.93. The Morgan fingerprint density at radius 1 is 0.979 bits per heavy atom. The van der Waals surface area contributed by atoms with Gasteiger partial charge in [0.15, 0.2) is 5.60 Å². The minimum atomic E-state index is -4.64. The molecule has 47 heavy (non-hydrogen) atoms. The highest BCUT2D eigenvalue weighted by Gasteiger charge is 2.39. The van der Waals surface area contributed by atoms with Crippen LogP contribution in [0.5, 0.6) is 0 Å². The summed E-state index contributed by atoms with van der Waals surface area (Å²) in [4.78, 5) is 14.9. The largest absolute Gasteiger partial charge is 0.433 e. The Kier molecular flexibility index (Phi) is 8.25. The van der Waals surface area contributed by atoms with E-state index in [2.05, 4.69) is 26.0 Å². The van der Waals surface area contributed by atoms with E-state index in [1.54, 1.807) is 40.7 Å². The molecule has 0 radical (unpaired) electrons. The summed E-state index contributed by atoms with van der Waals surface area (Å²) in [6.07, 6.45) is 3.31. The number of fused-ring (bicyclic) bond motifs is 1. The van der Waals surface area contributed by atoms with Gasteiger partial charge in [-0.2, -0.15) is 23.5 Å². The predicted octanol–water partition coefficient (Wildman–Crippen LogP) is 6.16. The molecule has 0 saturated carbocycles. The third kappa shape index (κ3) is 5.70. The van der Waals surface area contributed by atoms with Crippen LogP contribution in [0.15, 0.2) is 91.8 Å². The molecular weight excluding hydrogens is 605 g/mol. The van der Waals surface area contributed by atoms with Gasteiger partial charge in [0.05, 0.1) is 35.0 Å². The Labute approximate surface area is 269 Å². The summed E-state index contributed by atoms with van der Waals surface area (Å²) in [5.41, 5.74) is 1.24. The lowest BCUT2D eigenvalue weighted by atomic mass is 9.83. The summed E-state index contributed by atoms with van der Waals surface area (Å²) in [6, 6.07) is 19.3. The zero-order chi connectivity index (χ0) is 33.3. The van der Waals surface area contributed by atoms with E-state index in [1.807, 2.05) is 50.4 Å². The van der Waals surface area contributed by atoms with Gasteiger partial charge in [0.1, 0.15) is 17.6 Å². The average Bonchev–Trinajstić information content (AvgIpc) is 3.77. The molecule has 0 amide bonds. The van der Waals surface area contributed by atoms with Gasteiger partial charge >= 0.3 is 6.18 Å². The molecule has 238 valence electrons. The molecule has 2 aromatic carbocycles. The smallest absolute Gasteiger partial charge is 0.374 e. The maximum atomic E-state index is 13.4. The molecule has 4 heterocycles. The van der Waals surface area contributed by atoms with Crippen LogP contribution in [0, 0.1) is 11.3 Å². The van der Waals surface area contributed by atoms with Crippen LogP contribution in [-0.4, -0.2) is 47.5 Å². The number of rotatable bonds is 9. The molecule has 6 aromatic rings. The fourth-order valence-electron chi connectivity index (χ4n) is 5.93. The maximum Gasteiger partial charge on any atom is 0.433 e. The number of nitriles is 1. The Bertz CT molecular complexity index is 2060. The molecule has 0 aliphatic heterocycles. The number of halogens is 3. The Morgan fingerprint density at radius 3 is 2.30 bits per heavy atom. The molecule has 4 aromatic heterocycles. The number of alkyl halides is 3. The summed E-state index contributed by atoms with van der Waals surface area (Å²) in [5, 5.41) is 27.9. The second-order valence-electron chi connectivity index (χ2n) is 11.1. The van der Waals surface area contributed by atoms with Crippen molar-refractivity contribution in [3.05, 3.63) is 131 Å². The van der Waals surface area contributed by atoms with E-state index in [9.17, 15) is 23.5 Å². The van der Waals surface area contributed by atoms with E-state index >= 15 is 0 Å². The van der Waals surface area contributed by atoms with Crippen molar-refractivity contribution < 1.29 is 18.3 Å². The van der Waals surface area contributed by atoms with E-state index in [0.29, 0.717) is 53.1 Å². The monoisotopic (exact) mass is 636 g/mol. The highest BCUT2D eigenvalue weighted by molar-refractivity contribution is 5.90. The number of aliphatic hydroxyl groups is 1. The number of benzene rings is 2. The summed E-state index contributed by atoms with van der Waals surface area (Å²) >= 11 is 0. The van der Waals surface area contributed by atoms with Crippen LogP contribution in [0.25, 0.3) is 16.6 Å². The van der Waals surface area contributed by atoms with E-state index in [-0.39, 0.29) is 5.56 Å². The van der Waals surface area contributed by atoms with Crippen molar-refractivity contribution in [1.82, 2.24) is 29.3 Å². The topological polar surface area (TPSA) is 109 Å². The van der Waals surface area contributed by atoms with Crippen LogP contribution in [0.3, 0.4) is 0 Å². The molecule has 1 atom stereocenters. The molecule has 1 N–H and O–H groups in total. The Balaban J connectivity index is 1.53. The molecule has 0 spiro atoms. The first-order chi connectivity index (χ1) is 22.6. The van der Waals surface area contributed by atoms with Gasteiger partial charge in [0.2, 0.25) is 0 Å². The lowest BCUT2D eigenvalue weighted by Gasteiger charge is -2.30. The number of pyridine rings is 2. The second kappa shape index (κ2) is 12.3. The minimum Gasteiger partial charge on any atom is -0.374 e. The Morgan fingerprint density at radius 2 is 1.72 bits per heavy atom. The first-order valence-electron chi connectivity index (χ1n) is 15.0. The molecule has 9 nitrogen and oxygen atoms in total. The molecule has 0 aliphatic rings. The summed E-state index contributed by atoms with van der Waals surface area (Å²) in [6.45, 7) is 5.40. The first-order valence-corrected chi connectivity index (χ1v) is 15.0. The number of anilines is 1. The lowest BCUT2D eigenvalue weighted by Crippen LogP contribution is -2.31. The molecule has 0 aliphatic carbocycles. The van der Waals surface area contributed by atoms with Crippen molar-refractivity contribution in [2.24, 2.45) is 7.05 Å². The van der Waals surface area contributed by atoms with Gasteiger partial charge in [-0.25, -0.2) is 14.6 Å². The van der Waals surface area contributed by atoms with E-state index < -0.39 is 17.5 Å². The van der Waals surface area contributed by atoms with Crippen LogP contribution in [0.1, 0.15) is 53.1 Å². The number of aryl methyl sites for hydroxylation is 1. The first kappa shape index (κ1) is 31.4. The zero-order valence-corrected chi connectivity index (χ0v) is 25.9. The molecule has 0 fully saturated rings. The number of imidazole rings is 1. The van der Waals surface area contributed by atoms with Gasteiger partial charge in [0.25, 0.3) is 0 Å². The van der Waals surface area contributed by atoms with Gasteiger partial charge in [-0.3, -0.25) is 4.98 Å². The summed E-state index contributed by atoms with van der Waals surface area (Å²) < 4.78 is 43.5. The molecule has 1 unspecified atom stereocenters. The molecule has 0 saturated heterocycles. The number of hydrogen-bond donors (Lipinski definition) is 1. The number of aromatic nitrogens is 6.